The van der Waals surface area contributed by atoms with E-state index in [4.69, 9.17) is 5.11 Å². The highest BCUT2D eigenvalue weighted by Gasteiger charge is 2.36. The van der Waals surface area contributed by atoms with Crippen LogP contribution in [-0.4, -0.2) is 41.6 Å². The van der Waals surface area contributed by atoms with Crippen molar-refractivity contribution in [2.45, 2.75) is 19.4 Å². The third-order valence-electron chi connectivity index (χ3n) is 3.15. The summed E-state index contributed by atoms with van der Waals surface area (Å²) in [6.45, 7) is 2.87. The molecular weight excluding hydrogens is 251 g/mol. The molecule has 0 aliphatic carbocycles. The molecule has 19 heavy (non-hydrogen) atoms. The van der Waals surface area contributed by atoms with Gasteiger partial charge in [0.05, 0.1) is 0 Å². The number of hydrogen-bond donors (Lipinski definition) is 1. The lowest BCUT2D eigenvalue weighted by Crippen LogP contribution is -2.54. The number of amides is 2. The number of halogens is 1. The molecule has 0 fully saturated rings. The van der Waals surface area contributed by atoms with Gasteiger partial charge in [-0.25, -0.2) is 14.0 Å². The lowest BCUT2D eigenvalue weighted by Gasteiger charge is -2.34. The number of hydrogen-bond acceptors (Lipinski definition) is 2. The zero-order chi connectivity index (χ0) is 14.8. The quantitative estimate of drug-likeness (QED) is 0.914. The zero-order valence-electron chi connectivity index (χ0n) is 11.3. The van der Waals surface area contributed by atoms with E-state index < -0.39 is 23.4 Å². The molecule has 0 heterocycles. The second kappa shape index (κ2) is 5.26. The van der Waals surface area contributed by atoms with Crippen LogP contribution >= 0.6 is 0 Å². The maximum atomic E-state index is 12.8. The van der Waals surface area contributed by atoms with E-state index in [1.165, 1.54) is 57.1 Å². The molecule has 0 bridgehead atoms. The molecule has 1 aromatic rings. The average molecular weight is 268 g/mol. The first kappa shape index (κ1) is 14.9. The van der Waals surface area contributed by atoms with Gasteiger partial charge in [0.15, 0.2) is 0 Å². The normalized spacial score (nSPS) is 11.0. The van der Waals surface area contributed by atoms with Gasteiger partial charge in [0.1, 0.15) is 11.4 Å². The van der Waals surface area contributed by atoms with Gasteiger partial charge in [0, 0.05) is 19.8 Å². The number of carbonyl (C=O) groups is 2. The van der Waals surface area contributed by atoms with Crippen molar-refractivity contribution >= 4 is 17.7 Å². The molecular formula is C13H17FN2O3. The molecule has 1 N–H and O–H groups in total. The number of aliphatic carboxylic acids is 1. The molecule has 5 nitrogen and oxygen atoms in total. The van der Waals surface area contributed by atoms with Crippen LogP contribution in [0.2, 0.25) is 0 Å². The molecule has 0 spiro atoms. The largest absolute Gasteiger partial charge is 0.480 e. The second-order valence-electron chi connectivity index (χ2n) is 4.74. The smallest absolute Gasteiger partial charge is 0.329 e. The molecule has 0 unspecified atom stereocenters. The Hall–Kier alpha value is -2.11. The first-order valence-electron chi connectivity index (χ1n) is 5.68. The topological polar surface area (TPSA) is 60.9 Å². The van der Waals surface area contributed by atoms with Crippen LogP contribution in [0.25, 0.3) is 0 Å². The van der Waals surface area contributed by atoms with Crippen LogP contribution in [0.1, 0.15) is 13.8 Å². The van der Waals surface area contributed by atoms with E-state index in [9.17, 15) is 14.0 Å². The Bertz CT molecular complexity index is 485. The Kier molecular flexibility index (Phi) is 4.14. The third kappa shape index (κ3) is 3.01. The van der Waals surface area contributed by atoms with Crippen LogP contribution in [0.3, 0.4) is 0 Å². The summed E-state index contributed by atoms with van der Waals surface area (Å²) in [5, 5.41) is 9.09. The first-order chi connectivity index (χ1) is 8.67. The summed E-state index contributed by atoms with van der Waals surface area (Å²) in [7, 11) is 2.92. The SMILES string of the molecule is CN(C(=O)N(C)C(C)(C)C(=O)O)c1ccc(F)cc1. The van der Waals surface area contributed by atoms with Crippen LogP contribution in [0, 0.1) is 5.82 Å². The summed E-state index contributed by atoms with van der Waals surface area (Å²) in [5.41, 5.74) is -0.842. The maximum absolute atomic E-state index is 12.8. The highest BCUT2D eigenvalue weighted by atomic mass is 19.1. The molecule has 6 heteroatoms. The highest BCUT2D eigenvalue weighted by molar-refractivity contribution is 5.95. The van der Waals surface area contributed by atoms with Crippen LogP contribution in [0.4, 0.5) is 14.9 Å². The van der Waals surface area contributed by atoms with Gasteiger partial charge in [0.25, 0.3) is 0 Å². The number of rotatable bonds is 3. The van der Waals surface area contributed by atoms with Crippen molar-refractivity contribution in [3.63, 3.8) is 0 Å². The lowest BCUT2D eigenvalue weighted by atomic mass is 10.0. The van der Waals surface area contributed by atoms with Gasteiger partial charge in [0.2, 0.25) is 0 Å². The molecule has 0 radical (unpaired) electrons. The minimum Gasteiger partial charge on any atom is -0.480 e. The minimum atomic E-state index is -1.33. The molecule has 0 saturated carbocycles. The van der Waals surface area contributed by atoms with Gasteiger partial charge in [-0.05, 0) is 38.1 Å². The third-order valence-corrected chi connectivity index (χ3v) is 3.15. The lowest BCUT2D eigenvalue weighted by molar-refractivity contribution is -0.146. The number of carboxylic acid groups (broad SMARTS) is 1. The highest BCUT2D eigenvalue weighted by Crippen LogP contribution is 2.19. The summed E-state index contributed by atoms with van der Waals surface area (Å²) in [6.07, 6.45) is 0. The van der Waals surface area contributed by atoms with Crippen molar-refractivity contribution < 1.29 is 19.1 Å². The standard InChI is InChI=1S/C13H17FN2O3/c1-13(2,11(17)18)16(4)12(19)15(3)10-7-5-9(14)6-8-10/h5-8H,1-4H3,(H,17,18). The van der Waals surface area contributed by atoms with Crippen molar-refractivity contribution in [3.8, 4) is 0 Å². The second-order valence-corrected chi connectivity index (χ2v) is 4.74. The molecule has 1 aromatic carbocycles. The van der Waals surface area contributed by atoms with Crippen LogP contribution < -0.4 is 4.90 Å². The van der Waals surface area contributed by atoms with E-state index >= 15 is 0 Å². The molecule has 2 amide bonds. The van der Waals surface area contributed by atoms with Crippen molar-refractivity contribution in [2.75, 3.05) is 19.0 Å². The van der Waals surface area contributed by atoms with E-state index in [1.54, 1.807) is 0 Å². The number of anilines is 1. The zero-order valence-corrected chi connectivity index (χ0v) is 11.3. The van der Waals surface area contributed by atoms with Gasteiger partial charge in [-0.3, -0.25) is 4.90 Å². The average Bonchev–Trinajstić information content (AvgIpc) is 2.36. The van der Waals surface area contributed by atoms with Gasteiger partial charge in [-0.15, -0.1) is 0 Å². The predicted molar refractivity (Wildman–Crippen MR) is 69.7 cm³/mol. The number of carbonyl (C=O) groups excluding carboxylic acids is 1. The van der Waals surface area contributed by atoms with Gasteiger partial charge >= 0.3 is 12.0 Å². The molecule has 0 aliphatic heterocycles. The monoisotopic (exact) mass is 268 g/mol. The van der Waals surface area contributed by atoms with Crippen LogP contribution in [0.15, 0.2) is 24.3 Å². The summed E-state index contributed by atoms with van der Waals surface area (Å²) in [5.74, 6) is -1.50. The van der Waals surface area contributed by atoms with Gasteiger partial charge in [-0.1, -0.05) is 0 Å². The Morgan fingerprint density at radius 2 is 1.63 bits per heavy atom. The Morgan fingerprint density at radius 1 is 1.16 bits per heavy atom. The molecule has 0 atom stereocenters. The summed E-state index contributed by atoms with van der Waals surface area (Å²) in [6, 6.07) is 4.89. The van der Waals surface area contributed by atoms with E-state index in [2.05, 4.69) is 0 Å². The van der Waals surface area contributed by atoms with Crippen molar-refractivity contribution in [1.82, 2.24) is 4.90 Å². The number of carboxylic acids is 1. The Morgan fingerprint density at radius 3 is 2.05 bits per heavy atom. The summed E-state index contributed by atoms with van der Waals surface area (Å²) >= 11 is 0. The van der Waals surface area contributed by atoms with Crippen molar-refractivity contribution in [3.05, 3.63) is 30.1 Å². The van der Waals surface area contributed by atoms with Gasteiger partial charge in [-0.2, -0.15) is 0 Å². The molecule has 0 aliphatic rings. The van der Waals surface area contributed by atoms with Crippen LogP contribution in [0.5, 0.6) is 0 Å². The summed E-state index contributed by atoms with van der Waals surface area (Å²) in [4.78, 5) is 25.7. The van der Waals surface area contributed by atoms with Crippen molar-refractivity contribution in [2.24, 2.45) is 0 Å². The molecule has 1 rings (SSSR count). The number of urea groups is 1. The molecule has 0 saturated heterocycles. The maximum Gasteiger partial charge on any atom is 0.329 e. The number of likely N-dealkylation sites (N-methyl/N-ethyl adjacent to an activating group) is 1. The molecule has 0 aromatic heterocycles. The van der Waals surface area contributed by atoms with Gasteiger partial charge < -0.3 is 10.0 Å². The van der Waals surface area contributed by atoms with E-state index in [-0.39, 0.29) is 0 Å². The summed E-state index contributed by atoms with van der Waals surface area (Å²) < 4.78 is 12.8. The number of benzene rings is 1. The predicted octanol–water partition coefficient (Wildman–Crippen LogP) is 2.18. The van der Waals surface area contributed by atoms with E-state index in [0.29, 0.717) is 5.69 Å². The minimum absolute atomic E-state index is 0.399. The fourth-order valence-corrected chi connectivity index (χ4v) is 1.38. The van der Waals surface area contributed by atoms with E-state index in [0.717, 1.165) is 4.90 Å². The molecule has 104 valence electrons. The number of nitrogens with zero attached hydrogens (tertiary/aromatic N) is 2. The van der Waals surface area contributed by atoms with E-state index in [1.807, 2.05) is 0 Å². The fraction of sp³-hybridized carbons (Fsp3) is 0.385. The Balaban J connectivity index is 2.94. The van der Waals surface area contributed by atoms with Crippen LogP contribution in [-0.2, 0) is 4.79 Å². The fourth-order valence-electron chi connectivity index (χ4n) is 1.38. The van der Waals surface area contributed by atoms with Crippen molar-refractivity contribution in [1.29, 1.82) is 0 Å². The first-order valence-corrected chi connectivity index (χ1v) is 5.68. The Labute approximate surface area is 111 Å².